The largest absolute Gasteiger partial charge is 0.454 e. The Labute approximate surface area is 114 Å². The van der Waals surface area contributed by atoms with Crippen LogP contribution in [0.3, 0.4) is 0 Å². The molecule has 0 radical (unpaired) electrons. The van der Waals surface area contributed by atoms with Crippen LogP contribution in [0.15, 0.2) is 47.4 Å². The van der Waals surface area contributed by atoms with Gasteiger partial charge in [0.15, 0.2) is 11.5 Å². The molecule has 2 aromatic rings. The maximum Gasteiger partial charge on any atom is 0.250 e. The van der Waals surface area contributed by atoms with Gasteiger partial charge in [0, 0.05) is 24.0 Å². The van der Waals surface area contributed by atoms with Crippen LogP contribution in [-0.2, 0) is 11.3 Å². The van der Waals surface area contributed by atoms with Gasteiger partial charge in [-0.3, -0.25) is 9.59 Å². The zero-order valence-corrected chi connectivity index (χ0v) is 10.5. The van der Waals surface area contributed by atoms with Gasteiger partial charge in [-0.05, 0) is 18.2 Å². The molecule has 0 spiro atoms. The number of nitrogens with zero attached hydrogens (tertiary/aromatic N) is 1. The summed E-state index contributed by atoms with van der Waals surface area (Å²) in [6.45, 7) is 0.153. The number of nitrogens with one attached hydrogen (secondary N) is 1. The van der Waals surface area contributed by atoms with E-state index in [4.69, 9.17) is 9.47 Å². The van der Waals surface area contributed by atoms with Crippen LogP contribution in [-0.4, -0.2) is 17.3 Å². The Morgan fingerprint density at radius 1 is 1.20 bits per heavy atom. The number of hydrogen-bond donors (Lipinski definition) is 1. The predicted octanol–water partition coefficient (Wildman–Crippen LogP) is 1.22. The zero-order chi connectivity index (χ0) is 13.9. The molecule has 1 aromatic carbocycles. The van der Waals surface area contributed by atoms with Gasteiger partial charge in [0.25, 0.3) is 5.56 Å². The van der Waals surface area contributed by atoms with Crippen molar-refractivity contribution in [1.82, 2.24) is 4.57 Å². The highest BCUT2D eigenvalue weighted by Gasteiger charge is 2.14. The average Bonchev–Trinajstić information content (AvgIpc) is 2.89. The zero-order valence-electron chi connectivity index (χ0n) is 10.5. The Hall–Kier alpha value is -2.76. The minimum atomic E-state index is -0.280. The number of pyridine rings is 1. The molecule has 102 valence electrons. The molecule has 1 aromatic heterocycles. The van der Waals surface area contributed by atoms with E-state index in [0.29, 0.717) is 17.2 Å². The van der Waals surface area contributed by atoms with Crippen LogP contribution in [0.1, 0.15) is 0 Å². The number of amides is 1. The first-order valence-electron chi connectivity index (χ1n) is 6.07. The van der Waals surface area contributed by atoms with E-state index in [1.165, 1.54) is 10.6 Å². The second-order valence-corrected chi connectivity index (χ2v) is 4.28. The Bertz CT molecular complexity index is 708. The maximum atomic E-state index is 11.9. The number of aromatic nitrogens is 1. The van der Waals surface area contributed by atoms with Crippen LogP contribution in [0.2, 0.25) is 0 Å². The molecule has 1 aliphatic heterocycles. The summed E-state index contributed by atoms with van der Waals surface area (Å²) < 4.78 is 11.8. The summed E-state index contributed by atoms with van der Waals surface area (Å²) in [7, 11) is 0. The van der Waals surface area contributed by atoms with Gasteiger partial charge in [0.2, 0.25) is 12.7 Å². The van der Waals surface area contributed by atoms with Gasteiger partial charge in [-0.25, -0.2) is 0 Å². The highest BCUT2D eigenvalue weighted by atomic mass is 16.7. The number of fused-ring (bicyclic) bond motifs is 1. The highest BCUT2D eigenvalue weighted by Crippen LogP contribution is 2.34. The van der Waals surface area contributed by atoms with Crippen molar-refractivity contribution in [3.8, 4) is 11.5 Å². The topological polar surface area (TPSA) is 69.6 Å². The fourth-order valence-corrected chi connectivity index (χ4v) is 1.92. The molecule has 0 fully saturated rings. The van der Waals surface area contributed by atoms with Crippen LogP contribution < -0.4 is 20.3 Å². The maximum absolute atomic E-state index is 11.9. The average molecular weight is 272 g/mol. The first kappa shape index (κ1) is 12.3. The quantitative estimate of drug-likeness (QED) is 0.912. The molecule has 1 amide bonds. The van der Waals surface area contributed by atoms with E-state index in [0.717, 1.165) is 0 Å². The summed E-state index contributed by atoms with van der Waals surface area (Å²) in [6, 6.07) is 9.89. The van der Waals surface area contributed by atoms with Gasteiger partial charge in [-0.15, -0.1) is 0 Å². The van der Waals surface area contributed by atoms with E-state index in [1.807, 2.05) is 0 Å². The van der Waals surface area contributed by atoms with Crippen LogP contribution in [0.25, 0.3) is 0 Å². The standard InChI is InChI=1S/C14H12N2O4/c17-13(8-16-6-2-1-3-14(16)18)15-10-4-5-11-12(7-10)20-9-19-11/h1-7H,8-9H2,(H,15,17). The van der Waals surface area contributed by atoms with Gasteiger partial charge in [-0.1, -0.05) is 6.07 Å². The number of carbonyl (C=O) groups is 1. The molecule has 2 heterocycles. The van der Waals surface area contributed by atoms with E-state index in [1.54, 1.807) is 36.5 Å². The number of rotatable bonds is 3. The third-order valence-corrected chi connectivity index (χ3v) is 2.87. The first-order chi connectivity index (χ1) is 9.72. The van der Waals surface area contributed by atoms with Gasteiger partial charge in [-0.2, -0.15) is 0 Å². The normalized spacial score (nSPS) is 12.2. The minimum Gasteiger partial charge on any atom is -0.454 e. The summed E-state index contributed by atoms with van der Waals surface area (Å²) in [5, 5.41) is 2.71. The molecular formula is C14H12N2O4. The molecule has 0 saturated carbocycles. The smallest absolute Gasteiger partial charge is 0.250 e. The van der Waals surface area contributed by atoms with Crippen molar-refractivity contribution in [3.63, 3.8) is 0 Å². The van der Waals surface area contributed by atoms with E-state index in [-0.39, 0.29) is 24.8 Å². The summed E-state index contributed by atoms with van der Waals surface area (Å²) in [4.78, 5) is 23.4. The van der Waals surface area contributed by atoms with Gasteiger partial charge in [0.1, 0.15) is 6.54 Å². The van der Waals surface area contributed by atoms with Crippen molar-refractivity contribution >= 4 is 11.6 Å². The second-order valence-electron chi connectivity index (χ2n) is 4.28. The third kappa shape index (κ3) is 2.49. The van der Waals surface area contributed by atoms with Crippen molar-refractivity contribution in [1.29, 1.82) is 0 Å². The van der Waals surface area contributed by atoms with Crippen LogP contribution >= 0.6 is 0 Å². The molecule has 0 aliphatic carbocycles. The molecule has 0 bridgehead atoms. The van der Waals surface area contributed by atoms with Crippen molar-refractivity contribution in [2.75, 3.05) is 12.1 Å². The van der Waals surface area contributed by atoms with Crippen molar-refractivity contribution in [3.05, 3.63) is 52.9 Å². The van der Waals surface area contributed by atoms with E-state index >= 15 is 0 Å². The van der Waals surface area contributed by atoms with Crippen molar-refractivity contribution in [2.45, 2.75) is 6.54 Å². The Morgan fingerprint density at radius 2 is 2.05 bits per heavy atom. The van der Waals surface area contributed by atoms with Gasteiger partial charge < -0.3 is 19.4 Å². The van der Waals surface area contributed by atoms with Crippen molar-refractivity contribution in [2.24, 2.45) is 0 Å². The molecule has 0 saturated heterocycles. The fourth-order valence-electron chi connectivity index (χ4n) is 1.92. The highest BCUT2D eigenvalue weighted by molar-refractivity contribution is 5.90. The molecule has 1 aliphatic rings. The second kappa shape index (κ2) is 5.08. The van der Waals surface area contributed by atoms with Gasteiger partial charge >= 0.3 is 0 Å². The monoisotopic (exact) mass is 272 g/mol. The van der Waals surface area contributed by atoms with Crippen molar-refractivity contribution < 1.29 is 14.3 Å². The molecule has 6 nitrogen and oxygen atoms in total. The predicted molar refractivity (Wildman–Crippen MR) is 71.9 cm³/mol. The molecule has 0 atom stereocenters. The number of ether oxygens (including phenoxy) is 2. The lowest BCUT2D eigenvalue weighted by molar-refractivity contribution is -0.116. The summed E-state index contributed by atoms with van der Waals surface area (Å²) in [5.41, 5.74) is 0.386. The van der Waals surface area contributed by atoms with Crippen LogP contribution in [0, 0.1) is 0 Å². The van der Waals surface area contributed by atoms with Crippen LogP contribution in [0.5, 0.6) is 11.5 Å². The summed E-state index contributed by atoms with van der Waals surface area (Å²) in [6.07, 6.45) is 1.57. The first-order valence-corrected chi connectivity index (χ1v) is 6.07. The number of anilines is 1. The van der Waals surface area contributed by atoms with E-state index < -0.39 is 0 Å². The summed E-state index contributed by atoms with van der Waals surface area (Å²) >= 11 is 0. The van der Waals surface area contributed by atoms with E-state index in [2.05, 4.69) is 5.32 Å². The number of hydrogen-bond acceptors (Lipinski definition) is 4. The molecule has 3 rings (SSSR count). The Morgan fingerprint density at radius 3 is 2.90 bits per heavy atom. The van der Waals surface area contributed by atoms with Crippen LogP contribution in [0.4, 0.5) is 5.69 Å². The third-order valence-electron chi connectivity index (χ3n) is 2.87. The number of carbonyl (C=O) groups excluding carboxylic acids is 1. The van der Waals surface area contributed by atoms with E-state index in [9.17, 15) is 9.59 Å². The fraction of sp³-hybridized carbons (Fsp3) is 0.143. The lowest BCUT2D eigenvalue weighted by Crippen LogP contribution is -2.26. The molecule has 0 unspecified atom stereocenters. The Balaban J connectivity index is 1.70. The molecule has 1 N–H and O–H groups in total. The summed E-state index contributed by atoms with van der Waals surface area (Å²) in [5.74, 6) is 0.971. The SMILES string of the molecule is O=C(Cn1ccccc1=O)Nc1ccc2c(c1)OCO2. The minimum absolute atomic E-state index is 0.0336. The molecule has 20 heavy (non-hydrogen) atoms. The lowest BCUT2D eigenvalue weighted by atomic mass is 10.3. The van der Waals surface area contributed by atoms with Gasteiger partial charge in [0.05, 0.1) is 0 Å². The molecular weight excluding hydrogens is 260 g/mol. The molecule has 6 heteroatoms. The Kier molecular flexibility index (Phi) is 3.12. The number of benzene rings is 1. The lowest BCUT2D eigenvalue weighted by Gasteiger charge is -2.07.